The minimum atomic E-state index is 0.504. The predicted octanol–water partition coefficient (Wildman–Crippen LogP) is 3.32. The number of aryl methyl sites for hydroxylation is 1. The third kappa shape index (κ3) is 2.89. The second kappa shape index (κ2) is 6.42. The van der Waals surface area contributed by atoms with E-state index in [9.17, 15) is 0 Å². The lowest BCUT2D eigenvalue weighted by molar-refractivity contribution is 0.101. The fourth-order valence-corrected chi connectivity index (χ4v) is 3.21. The molecule has 3 nitrogen and oxygen atoms in total. The van der Waals surface area contributed by atoms with E-state index in [4.69, 9.17) is 4.74 Å². The summed E-state index contributed by atoms with van der Waals surface area (Å²) in [4.78, 5) is 0. The van der Waals surface area contributed by atoms with Crippen molar-refractivity contribution in [3.63, 3.8) is 0 Å². The number of ether oxygens (including phenoxy) is 1. The van der Waals surface area contributed by atoms with Crippen molar-refractivity contribution in [1.29, 1.82) is 0 Å². The van der Waals surface area contributed by atoms with Gasteiger partial charge < -0.3 is 14.6 Å². The summed E-state index contributed by atoms with van der Waals surface area (Å²) in [6.07, 6.45) is 5.37. The molecule has 0 spiro atoms. The molecular weight excluding hydrogens is 248 g/mol. The maximum atomic E-state index is 5.72. The number of para-hydroxylation sites is 1. The van der Waals surface area contributed by atoms with E-state index in [1.807, 2.05) is 7.05 Å². The van der Waals surface area contributed by atoms with Crippen molar-refractivity contribution in [3.8, 4) is 0 Å². The Bertz CT molecular complexity index is 555. The van der Waals surface area contributed by atoms with E-state index < -0.39 is 0 Å². The molecule has 2 heterocycles. The van der Waals surface area contributed by atoms with Crippen molar-refractivity contribution in [3.05, 3.63) is 36.0 Å². The zero-order valence-corrected chi connectivity index (χ0v) is 12.3. The van der Waals surface area contributed by atoms with Crippen LogP contribution in [0.4, 0.5) is 0 Å². The van der Waals surface area contributed by atoms with Crippen molar-refractivity contribution in [2.75, 3.05) is 13.7 Å². The Labute approximate surface area is 120 Å². The molecule has 0 bridgehead atoms. The fourth-order valence-electron chi connectivity index (χ4n) is 3.21. The first-order valence-electron chi connectivity index (χ1n) is 7.72. The Hall–Kier alpha value is -1.32. The molecule has 20 heavy (non-hydrogen) atoms. The van der Waals surface area contributed by atoms with Gasteiger partial charge in [-0.05, 0) is 50.2 Å². The van der Waals surface area contributed by atoms with Crippen LogP contribution >= 0.6 is 0 Å². The van der Waals surface area contributed by atoms with Crippen LogP contribution in [0, 0.1) is 0 Å². The molecule has 0 amide bonds. The number of fused-ring (bicyclic) bond motifs is 1. The van der Waals surface area contributed by atoms with Crippen molar-refractivity contribution < 1.29 is 4.74 Å². The molecule has 3 rings (SSSR count). The first kappa shape index (κ1) is 13.7. The van der Waals surface area contributed by atoms with E-state index in [1.54, 1.807) is 0 Å². The Morgan fingerprint density at radius 2 is 2.25 bits per heavy atom. The van der Waals surface area contributed by atoms with E-state index in [-0.39, 0.29) is 0 Å². The Morgan fingerprint density at radius 1 is 1.35 bits per heavy atom. The van der Waals surface area contributed by atoms with Crippen LogP contribution in [0.5, 0.6) is 0 Å². The largest absolute Gasteiger partial charge is 0.378 e. The van der Waals surface area contributed by atoms with E-state index in [1.165, 1.54) is 42.3 Å². The predicted molar refractivity (Wildman–Crippen MR) is 82.9 cm³/mol. The second-order valence-corrected chi connectivity index (χ2v) is 5.65. The number of aromatic nitrogens is 1. The van der Waals surface area contributed by atoms with E-state index in [2.05, 4.69) is 40.2 Å². The molecule has 2 aromatic rings. The molecule has 1 aromatic heterocycles. The maximum Gasteiger partial charge on any atom is 0.0576 e. The van der Waals surface area contributed by atoms with Gasteiger partial charge >= 0.3 is 0 Å². The van der Waals surface area contributed by atoms with Gasteiger partial charge in [-0.15, -0.1) is 0 Å². The number of rotatable bonds is 6. The molecule has 108 valence electrons. The molecule has 1 aromatic carbocycles. The van der Waals surface area contributed by atoms with Crippen molar-refractivity contribution in [1.82, 2.24) is 9.88 Å². The van der Waals surface area contributed by atoms with Crippen LogP contribution in [0.2, 0.25) is 0 Å². The topological polar surface area (TPSA) is 26.2 Å². The zero-order chi connectivity index (χ0) is 13.8. The van der Waals surface area contributed by atoms with Gasteiger partial charge in [0.25, 0.3) is 0 Å². The van der Waals surface area contributed by atoms with Gasteiger partial charge in [0, 0.05) is 30.9 Å². The van der Waals surface area contributed by atoms with E-state index >= 15 is 0 Å². The van der Waals surface area contributed by atoms with Crippen LogP contribution in [0.25, 0.3) is 10.9 Å². The van der Waals surface area contributed by atoms with Gasteiger partial charge in [0.2, 0.25) is 0 Å². The highest BCUT2D eigenvalue weighted by molar-refractivity contribution is 5.81. The standard InChI is InChI=1S/C17H24N2O/c1-18-13-15-12-14-6-2-3-9-17(14)19(15)10-4-7-16-8-5-11-20-16/h2-3,6,9,12,16,18H,4-5,7-8,10-11,13H2,1H3. The lowest BCUT2D eigenvalue weighted by Crippen LogP contribution is -2.13. The highest BCUT2D eigenvalue weighted by atomic mass is 16.5. The summed E-state index contributed by atoms with van der Waals surface area (Å²) in [5, 5.41) is 4.61. The molecule has 1 unspecified atom stereocenters. The average molecular weight is 272 g/mol. The van der Waals surface area contributed by atoms with Crippen LogP contribution in [-0.4, -0.2) is 24.3 Å². The Morgan fingerprint density at radius 3 is 3.05 bits per heavy atom. The SMILES string of the molecule is CNCc1cc2ccccc2n1CCCC1CCCO1. The van der Waals surface area contributed by atoms with Crippen LogP contribution in [-0.2, 0) is 17.8 Å². The van der Waals surface area contributed by atoms with E-state index in [0.29, 0.717) is 6.10 Å². The summed E-state index contributed by atoms with van der Waals surface area (Å²) >= 11 is 0. The molecule has 1 aliphatic heterocycles. The summed E-state index contributed by atoms with van der Waals surface area (Å²) in [7, 11) is 2.01. The van der Waals surface area contributed by atoms with Crippen LogP contribution in [0.15, 0.2) is 30.3 Å². The minimum Gasteiger partial charge on any atom is -0.378 e. The van der Waals surface area contributed by atoms with Crippen LogP contribution < -0.4 is 5.32 Å². The first-order chi connectivity index (χ1) is 9.88. The van der Waals surface area contributed by atoms with Crippen LogP contribution in [0.1, 0.15) is 31.4 Å². The normalized spacial score (nSPS) is 18.9. The number of nitrogens with one attached hydrogen (secondary N) is 1. The summed E-state index contributed by atoms with van der Waals surface area (Å²) in [6.45, 7) is 2.97. The average Bonchev–Trinajstić information content (AvgIpc) is 3.08. The molecule has 1 saturated heterocycles. The van der Waals surface area contributed by atoms with Gasteiger partial charge in [-0.3, -0.25) is 0 Å². The highest BCUT2D eigenvalue weighted by Gasteiger charge is 2.15. The molecule has 0 saturated carbocycles. The zero-order valence-electron chi connectivity index (χ0n) is 12.3. The van der Waals surface area contributed by atoms with Crippen molar-refractivity contribution >= 4 is 10.9 Å². The van der Waals surface area contributed by atoms with Gasteiger partial charge in [0.1, 0.15) is 0 Å². The van der Waals surface area contributed by atoms with Crippen molar-refractivity contribution in [2.45, 2.75) is 44.9 Å². The molecule has 1 N–H and O–H groups in total. The quantitative estimate of drug-likeness (QED) is 0.873. The molecule has 1 aliphatic rings. The molecule has 0 aliphatic carbocycles. The summed E-state index contributed by atoms with van der Waals surface area (Å²) in [5.74, 6) is 0. The highest BCUT2D eigenvalue weighted by Crippen LogP contribution is 2.22. The molecule has 0 radical (unpaired) electrons. The van der Waals surface area contributed by atoms with Crippen LogP contribution in [0.3, 0.4) is 0 Å². The third-order valence-corrected chi connectivity index (χ3v) is 4.19. The molecule has 3 heteroatoms. The van der Waals surface area contributed by atoms with Gasteiger partial charge in [0.05, 0.1) is 6.10 Å². The van der Waals surface area contributed by atoms with Gasteiger partial charge in [-0.1, -0.05) is 18.2 Å². The Balaban J connectivity index is 1.72. The number of benzene rings is 1. The number of nitrogens with zero attached hydrogens (tertiary/aromatic N) is 1. The second-order valence-electron chi connectivity index (χ2n) is 5.65. The van der Waals surface area contributed by atoms with Crippen molar-refractivity contribution in [2.24, 2.45) is 0 Å². The van der Waals surface area contributed by atoms with E-state index in [0.717, 1.165) is 19.7 Å². The third-order valence-electron chi connectivity index (χ3n) is 4.19. The molecule has 1 atom stereocenters. The monoisotopic (exact) mass is 272 g/mol. The fraction of sp³-hybridized carbons (Fsp3) is 0.529. The van der Waals surface area contributed by atoms with Gasteiger partial charge in [-0.2, -0.15) is 0 Å². The lowest BCUT2D eigenvalue weighted by Gasteiger charge is -2.13. The number of hydrogen-bond donors (Lipinski definition) is 1. The van der Waals surface area contributed by atoms with Gasteiger partial charge in [0.15, 0.2) is 0 Å². The lowest BCUT2D eigenvalue weighted by atomic mass is 10.1. The minimum absolute atomic E-state index is 0.504. The Kier molecular flexibility index (Phi) is 4.38. The number of hydrogen-bond acceptors (Lipinski definition) is 2. The summed E-state index contributed by atoms with van der Waals surface area (Å²) < 4.78 is 8.18. The molecular formula is C17H24N2O. The summed E-state index contributed by atoms with van der Waals surface area (Å²) in [6, 6.07) is 11.0. The first-order valence-corrected chi connectivity index (χ1v) is 7.72. The maximum absolute atomic E-state index is 5.72. The van der Waals surface area contributed by atoms with Gasteiger partial charge in [-0.25, -0.2) is 0 Å². The molecule has 1 fully saturated rings. The summed E-state index contributed by atoms with van der Waals surface area (Å²) in [5.41, 5.74) is 2.73. The smallest absolute Gasteiger partial charge is 0.0576 e.